The Kier molecular flexibility index (Phi) is 5.05. The van der Waals surface area contributed by atoms with Crippen molar-refractivity contribution in [2.45, 2.75) is 24.3 Å². The molecular weight excluding hydrogens is 358 g/mol. The molecule has 1 N–H and O–H groups in total. The molecule has 3 rings (SSSR count). The van der Waals surface area contributed by atoms with E-state index in [2.05, 4.69) is 5.32 Å². The van der Waals surface area contributed by atoms with Gasteiger partial charge in [0.15, 0.2) is 0 Å². The van der Waals surface area contributed by atoms with E-state index in [9.17, 15) is 18.0 Å². The van der Waals surface area contributed by atoms with Crippen molar-refractivity contribution in [2.75, 3.05) is 39.4 Å². The first kappa shape index (κ1) is 18.8. The fourth-order valence-electron chi connectivity index (χ4n) is 3.13. The van der Waals surface area contributed by atoms with E-state index < -0.39 is 15.6 Å². The van der Waals surface area contributed by atoms with Gasteiger partial charge in [0.2, 0.25) is 15.9 Å². The Hall–Kier alpha value is -1.97. The third-order valence-electron chi connectivity index (χ3n) is 4.63. The lowest BCUT2D eigenvalue weighted by molar-refractivity contribution is -0.122. The molecule has 142 valence electrons. The highest BCUT2D eigenvalue weighted by Crippen LogP contribution is 2.23. The molecular formula is C17H23N3O5S. The van der Waals surface area contributed by atoms with Gasteiger partial charge in [-0.05, 0) is 38.1 Å². The van der Waals surface area contributed by atoms with Gasteiger partial charge in [-0.1, -0.05) is 0 Å². The van der Waals surface area contributed by atoms with Gasteiger partial charge >= 0.3 is 0 Å². The third kappa shape index (κ3) is 3.60. The van der Waals surface area contributed by atoms with Crippen LogP contribution < -0.4 is 5.32 Å². The first-order chi connectivity index (χ1) is 12.2. The first-order valence-electron chi connectivity index (χ1n) is 8.48. The molecule has 0 atom stereocenters. The van der Waals surface area contributed by atoms with E-state index in [1.165, 1.54) is 24.3 Å². The fourth-order valence-corrected chi connectivity index (χ4v) is 4.53. The highest BCUT2D eigenvalue weighted by Gasteiger charge is 2.35. The van der Waals surface area contributed by atoms with Gasteiger partial charge in [-0.2, -0.15) is 4.31 Å². The number of benzene rings is 1. The molecule has 0 radical (unpaired) electrons. The topological polar surface area (TPSA) is 96.0 Å². The Morgan fingerprint density at radius 2 is 1.88 bits per heavy atom. The number of piperazine rings is 1. The summed E-state index contributed by atoms with van der Waals surface area (Å²) in [5.74, 6) is -0.472. The van der Waals surface area contributed by atoms with Gasteiger partial charge in [0.05, 0.1) is 30.2 Å². The monoisotopic (exact) mass is 381 g/mol. The van der Waals surface area contributed by atoms with Crippen LogP contribution in [0.4, 0.5) is 0 Å². The predicted octanol–water partition coefficient (Wildman–Crippen LogP) is 0.0581. The Morgan fingerprint density at radius 1 is 1.19 bits per heavy atom. The number of morpholine rings is 1. The molecule has 2 aliphatic rings. The smallest absolute Gasteiger partial charge is 0.254 e. The third-order valence-corrected chi connectivity index (χ3v) is 6.49. The van der Waals surface area contributed by atoms with Crippen molar-refractivity contribution in [3.05, 3.63) is 29.8 Å². The molecule has 2 fully saturated rings. The lowest BCUT2D eigenvalue weighted by atomic mass is 10.0. The summed E-state index contributed by atoms with van der Waals surface area (Å²) >= 11 is 0. The van der Waals surface area contributed by atoms with E-state index in [1.54, 1.807) is 4.90 Å². The molecule has 2 saturated heterocycles. The minimum absolute atomic E-state index is 0.0741. The summed E-state index contributed by atoms with van der Waals surface area (Å²) in [5.41, 5.74) is 0.0108. The van der Waals surface area contributed by atoms with Crippen LogP contribution >= 0.6 is 0 Å². The zero-order chi connectivity index (χ0) is 18.9. The van der Waals surface area contributed by atoms with E-state index >= 15 is 0 Å². The molecule has 0 unspecified atom stereocenters. The molecule has 9 heteroatoms. The summed E-state index contributed by atoms with van der Waals surface area (Å²) in [7, 11) is -3.76. The van der Waals surface area contributed by atoms with Gasteiger partial charge in [0.1, 0.15) is 0 Å². The zero-order valence-corrected chi connectivity index (χ0v) is 15.7. The molecule has 1 aromatic rings. The van der Waals surface area contributed by atoms with E-state index in [0.717, 1.165) is 4.31 Å². The van der Waals surface area contributed by atoms with Crippen LogP contribution in [0.2, 0.25) is 0 Å². The van der Waals surface area contributed by atoms with Crippen molar-refractivity contribution in [3.63, 3.8) is 0 Å². The number of nitrogens with one attached hydrogen (secondary N) is 1. The minimum atomic E-state index is -3.76. The maximum absolute atomic E-state index is 12.8. The van der Waals surface area contributed by atoms with Crippen LogP contribution in [0.3, 0.4) is 0 Å². The van der Waals surface area contributed by atoms with E-state index in [-0.39, 0.29) is 29.8 Å². The molecule has 2 heterocycles. The number of hydrogen-bond acceptors (Lipinski definition) is 5. The SMILES string of the molecule is CC1(C)COCCN1C(=O)c1ccc(S(=O)(=O)N2CCNC(=O)C2)cc1. The van der Waals surface area contributed by atoms with Gasteiger partial charge in [0, 0.05) is 25.2 Å². The molecule has 0 spiro atoms. The number of amides is 2. The van der Waals surface area contributed by atoms with Crippen molar-refractivity contribution < 1.29 is 22.7 Å². The number of carbonyl (C=O) groups excluding carboxylic acids is 2. The number of sulfonamides is 1. The summed E-state index contributed by atoms with van der Waals surface area (Å²) in [6, 6.07) is 5.88. The second-order valence-electron chi connectivity index (χ2n) is 7.03. The van der Waals surface area contributed by atoms with Crippen LogP contribution in [0.1, 0.15) is 24.2 Å². The van der Waals surface area contributed by atoms with Gasteiger partial charge in [-0.15, -0.1) is 0 Å². The standard InChI is InChI=1S/C17H23N3O5S/c1-17(2)12-25-10-9-20(17)16(22)13-3-5-14(6-4-13)26(23,24)19-8-7-18-15(21)11-19/h3-6H,7-12H2,1-2H3,(H,18,21). The molecule has 0 aromatic heterocycles. The summed E-state index contributed by atoms with van der Waals surface area (Å²) in [4.78, 5) is 26.1. The van der Waals surface area contributed by atoms with E-state index in [0.29, 0.717) is 31.9 Å². The average Bonchev–Trinajstić information content (AvgIpc) is 2.61. The molecule has 2 aliphatic heterocycles. The minimum Gasteiger partial charge on any atom is -0.377 e. The Bertz CT molecular complexity index is 804. The van der Waals surface area contributed by atoms with Crippen molar-refractivity contribution >= 4 is 21.8 Å². The van der Waals surface area contributed by atoms with Gasteiger partial charge in [0.25, 0.3) is 5.91 Å². The van der Waals surface area contributed by atoms with Crippen LogP contribution in [-0.2, 0) is 19.6 Å². The molecule has 0 bridgehead atoms. The average molecular weight is 381 g/mol. The van der Waals surface area contributed by atoms with E-state index in [4.69, 9.17) is 4.74 Å². The molecule has 1 aromatic carbocycles. The molecule has 8 nitrogen and oxygen atoms in total. The largest absolute Gasteiger partial charge is 0.377 e. The van der Waals surface area contributed by atoms with Gasteiger partial charge in [-0.3, -0.25) is 9.59 Å². The number of carbonyl (C=O) groups is 2. The highest BCUT2D eigenvalue weighted by molar-refractivity contribution is 7.89. The fraction of sp³-hybridized carbons (Fsp3) is 0.529. The van der Waals surface area contributed by atoms with Crippen LogP contribution in [0.15, 0.2) is 29.2 Å². The second kappa shape index (κ2) is 6.98. The maximum atomic E-state index is 12.8. The summed E-state index contributed by atoms with van der Waals surface area (Å²) < 4.78 is 31.9. The summed E-state index contributed by atoms with van der Waals surface area (Å²) in [6.45, 7) is 5.65. The van der Waals surface area contributed by atoms with Crippen LogP contribution in [-0.4, -0.2) is 74.4 Å². The summed E-state index contributed by atoms with van der Waals surface area (Å²) in [6.07, 6.45) is 0. The number of rotatable bonds is 3. The first-order valence-corrected chi connectivity index (χ1v) is 9.92. The lowest BCUT2D eigenvalue weighted by Gasteiger charge is -2.42. The Labute approximate surface area is 153 Å². The number of hydrogen-bond donors (Lipinski definition) is 1. The summed E-state index contributed by atoms with van der Waals surface area (Å²) in [5, 5.41) is 2.60. The molecule has 0 saturated carbocycles. The number of ether oxygens (including phenoxy) is 1. The molecule has 26 heavy (non-hydrogen) atoms. The van der Waals surface area contributed by atoms with E-state index in [1.807, 2.05) is 13.8 Å². The van der Waals surface area contributed by atoms with Crippen molar-refractivity contribution in [3.8, 4) is 0 Å². The van der Waals surface area contributed by atoms with Gasteiger partial charge < -0.3 is 15.0 Å². The van der Waals surface area contributed by atoms with Crippen LogP contribution in [0.5, 0.6) is 0 Å². The predicted molar refractivity (Wildman–Crippen MR) is 94.1 cm³/mol. The Balaban J connectivity index is 1.80. The molecule has 2 amide bonds. The van der Waals surface area contributed by atoms with Gasteiger partial charge in [-0.25, -0.2) is 8.42 Å². The molecule has 0 aliphatic carbocycles. The normalized spacial score (nSPS) is 21.3. The zero-order valence-electron chi connectivity index (χ0n) is 14.9. The highest BCUT2D eigenvalue weighted by atomic mass is 32.2. The van der Waals surface area contributed by atoms with Crippen molar-refractivity contribution in [1.29, 1.82) is 0 Å². The van der Waals surface area contributed by atoms with Crippen molar-refractivity contribution in [2.24, 2.45) is 0 Å². The van der Waals surface area contributed by atoms with Crippen LogP contribution in [0, 0.1) is 0 Å². The van der Waals surface area contributed by atoms with Crippen LogP contribution in [0.25, 0.3) is 0 Å². The maximum Gasteiger partial charge on any atom is 0.254 e. The lowest BCUT2D eigenvalue weighted by Crippen LogP contribution is -2.55. The quantitative estimate of drug-likeness (QED) is 0.799. The second-order valence-corrected chi connectivity index (χ2v) is 8.97. The number of nitrogens with zero attached hydrogens (tertiary/aromatic N) is 2. The van der Waals surface area contributed by atoms with Crippen molar-refractivity contribution in [1.82, 2.24) is 14.5 Å². The Morgan fingerprint density at radius 3 is 2.50 bits per heavy atom.